The molecule has 2 rings (SSSR count). The van der Waals surface area contributed by atoms with E-state index in [2.05, 4.69) is 38.8 Å². The first-order valence-electron chi connectivity index (χ1n) is 10.1. The molecule has 3 atom stereocenters. The fourth-order valence-electron chi connectivity index (χ4n) is 3.40. The van der Waals surface area contributed by atoms with Crippen LogP contribution >= 0.6 is 0 Å². The van der Waals surface area contributed by atoms with E-state index in [9.17, 15) is 14.7 Å². The normalized spacial score (nSPS) is 24.0. The van der Waals surface area contributed by atoms with Crippen LogP contribution in [0, 0.1) is 6.92 Å². The van der Waals surface area contributed by atoms with Gasteiger partial charge < -0.3 is 14.3 Å². The van der Waals surface area contributed by atoms with Gasteiger partial charge in [-0.25, -0.2) is 4.79 Å². The predicted octanol–water partition coefficient (Wildman–Crippen LogP) is 3.07. The third kappa shape index (κ3) is 4.35. The standard InChI is InChI=1S/C20H36N2O5Si/c1-9-20(25,10-2)16-14(27-28(7,8)19(4,5)6)11-15(26-16)22-12-13(3)17(23)21-18(22)24/h12,14-16,25H,9-11H2,1-8H3,(H,21,23,24)/t14-,15-,16+/m1/s1. The summed E-state index contributed by atoms with van der Waals surface area (Å²) < 4.78 is 14.3. The van der Waals surface area contributed by atoms with Gasteiger partial charge in [-0.15, -0.1) is 0 Å². The molecule has 0 bridgehead atoms. The van der Waals surface area contributed by atoms with Gasteiger partial charge in [0, 0.05) is 18.2 Å². The number of aliphatic hydroxyl groups is 1. The summed E-state index contributed by atoms with van der Waals surface area (Å²) in [5.41, 5.74) is -1.51. The van der Waals surface area contributed by atoms with E-state index in [1.54, 1.807) is 6.92 Å². The van der Waals surface area contributed by atoms with Crippen LogP contribution in [0.1, 0.15) is 65.7 Å². The molecule has 0 spiro atoms. The Bertz CT molecular complexity index is 804. The van der Waals surface area contributed by atoms with Gasteiger partial charge in [0.1, 0.15) is 12.3 Å². The smallest absolute Gasteiger partial charge is 0.330 e. The molecule has 0 saturated carbocycles. The van der Waals surface area contributed by atoms with E-state index in [0.717, 1.165) is 0 Å². The second kappa shape index (κ2) is 7.89. The lowest BCUT2D eigenvalue weighted by Crippen LogP contribution is -2.52. The van der Waals surface area contributed by atoms with Crippen molar-refractivity contribution < 1.29 is 14.3 Å². The molecule has 2 heterocycles. The van der Waals surface area contributed by atoms with Crippen LogP contribution in [-0.4, -0.2) is 40.8 Å². The molecule has 8 heteroatoms. The van der Waals surface area contributed by atoms with Crippen LogP contribution < -0.4 is 11.2 Å². The molecule has 0 amide bonds. The van der Waals surface area contributed by atoms with Crippen molar-refractivity contribution >= 4 is 8.32 Å². The topological polar surface area (TPSA) is 93.5 Å². The zero-order chi connectivity index (χ0) is 21.5. The average molecular weight is 413 g/mol. The van der Waals surface area contributed by atoms with Gasteiger partial charge in [0.2, 0.25) is 0 Å². The van der Waals surface area contributed by atoms with Gasteiger partial charge in [-0.1, -0.05) is 34.6 Å². The van der Waals surface area contributed by atoms with Gasteiger partial charge in [0.25, 0.3) is 5.56 Å². The monoisotopic (exact) mass is 412 g/mol. The Labute approximate surface area is 168 Å². The van der Waals surface area contributed by atoms with Crippen molar-refractivity contribution in [3.8, 4) is 0 Å². The predicted molar refractivity (Wildman–Crippen MR) is 112 cm³/mol. The van der Waals surface area contributed by atoms with Crippen LogP contribution in [0.3, 0.4) is 0 Å². The Morgan fingerprint density at radius 1 is 1.29 bits per heavy atom. The van der Waals surface area contributed by atoms with E-state index in [4.69, 9.17) is 9.16 Å². The van der Waals surface area contributed by atoms with E-state index in [1.165, 1.54) is 10.8 Å². The molecule has 2 N–H and O–H groups in total. The van der Waals surface area contributed by atoms with Crippen LogP contribution in [-0.2, 0) is 9.16 Å². The summed E-state index contributed by atoms with van der Waals surface area (Å²) in [7, 11) is -2.12. The zero-order valence-corrected chi connectivity index (χ0v) is 19.5. The van der Waals surface area contributed by atoms with Gasteiger partial charge in [-0.2, -0.15) is 0 Å². The highest BCUT2D eigenvalue weighted by Crippen LogP contribution is 2.44. The molecule has 160 valence electrons. The molecule has 0 aromatic carbocycles. The molecule has 7 nitrogen and oxygen atoms in total. The summed E-state index contributed by atoms with van der Waals surface area (Å²) >= 11 is 0. The summed E-state index contributed by atoms with van der Waals surface area (Å²) in [6.45, 7) is 16.4. The molecule has 0 radical (unpaired) electrons. The van der Waals surface area contributed by atoms with Crippen molar-refractivity contribution in [3.63, 3.8) is 0 Å². The van der Waals surface area contributed by atoms with Crippen LogP contribution in [0.15, 0.2) is 15.8 Å². The molecule has 1 aromatic rings. The zero-order valence-electron chi connectivity index (χ0n) is 18.5. The lowest BCUT2D eigenvalue weighted by atomic mass is 9.87. The average Bonchev–Trinajstić information content (AvgIpc) is 2.99. The second-order valence-electron chi connectivity index (χ2n) is 9.45. The number of aryl methyl sites for hydroxylation is 1. The summed E-state index contributed by atoms with van der Waals surface area (Å²) in [6.07, 6.45) is 1.57. The molecule has 1 saturated heterocycles. The largest absolute Gasteiger partial charge is 0.411 e. The Balaban J connectivity index is 2.44. The fourth-order valence-corrected chi connectivity index (χ4v) is 4.73. The molecular weight excluding hydrogens is 376 g/mol. The minimum absolute atomic E-state index is 0.0115. The Morgan fingerprint density at radius 3 is 2.36 bits per heavy atom. The van der Waals surface area contributed by atoms with E-state index < -0.39 is 37.5 Å². The first kappa shape index (κ1) is 23.1. The quantitative estimate of drug-likeness (QED) is 0.701. The third-order valence-corrected chi connectivity index (χ3v) is 11.0. The highest BCUT2D eigenvalue weighted by atomic mass is 28.4. The highest BCUT2D eigenvalue weighted by Gasteiger charge is 2.51. The third-order valence-electron chi connectivity index (χ3n) is 6.54. The SMILES string of the molecule is CCC(O)(CC)[C@H]1O[C@@H](n2cc(C)c(=O)[nH]c2=O)C[C@H]1O[Si](C)(C)C(C)(C)C. The van der Waals surface area contributed by atoms with Crippen LogP contribution in [0.25, 0.3) is 0 Å². The molecular formula is C20H36N2O5Si. The summed E-state index contributed by atoms with van der Waals surface area (Å²) in [5.74, 6) is 0. The lowest BCUT2D eigenvalue weighted by molar-refractivity contribution is -0.141. The highest BCUT2D eigenvalue weighted by molar-refractivity contribution is 6.74. The van der Waals surface area contributed by atoms with Crippen LogP contribution in [0.5, 0.6) is 0 Å². The Hall–Kier alpha value is -1.22. The number of aromatic amines is 1. The first-order valence-corrected chi connectivity index (χ1v) is 13.0. The van der Waals surface area contributed by atoms with Crippen molar-refractivity contribution in [3.05, 3.63) is 32.6 Å². The molecule has 28 heavy (non-hydrogen) atoms. The molecule has 1 aliphatic heterocycles. The van der Waals surface area contributed by atoms with Gasteiger partial charge >= 0.3 is 5.69 Å². The Kier molecular flexibility index (Phi) is 6.50. The summed E-state index contributed by atoms with van der Waals surface area (Å²) in [6, 6.07) is 0. The summed E-state index contributed by atoms with van der Waals surface area (Å²) in [5, 5.41) is 11.2. The van der Waals surface area contributed by atoms with Gasteiger partial charge in [-0.05, 0) is 37.9 Å². The molecule has 1 aromatic heterocycles. The number of nitrogens with zero attached hydrogens (tertiary/aromatic N) is 1. The van der Waals surface area contributed by atoms with Crippen LogP contribution in [0.4, 0.5) is 0 Å². The number of hydrogen-bond acceptors (Lipinski definition) is 5. The van der Waals surface area contributed by atoms with Gasteiger partial charge in [0.05, 0.1) is 11.7 Å². The maximum absolute atomic E-state index is 12.4. The first-order chi connectivity index (χ1) is 12.8. The van der Waals surface area contributed by atoms with E-state index in [-0.39, 0.29) is 11.1 Å². The maximum Gasteiger partial charge on any atom is 0.330 e. The number of aromatic nitrogens is 2. The van der Waals surface area contributed by atoms with Crippen molar-refractivity contribution in [2.24, 2.45) is 0 Å². The number of rotatable bonds is 6. The summed E-state index contributed by atoms with van der Waals surface area (Å²) in [4.78, 5) is 26.4. The lowest BCUT2D eigenvalue weighted by Gasteiger charge is -2.42. The van der Waals surface area contributed by atoms with E-state index >= 15 is 0 Å². The second-order valence-corrected chi connectivity index (χ2v) is 14.2. The van der Waals surface area contributed by atoms with Gasteiger partial charge in [-0.3, -0.25) is 14.3 Å². The molecule has 0 aliphatic carbocycles. The van der Waals surface area contributed by atoms with Crippen molar-refractivity contribution in [2.45, 2.75) is 103 Å². The van der Waals surface area contributed by atoms with Crippen molar-refractivity contribution in [1.29, 1.82) is 0 Å². The molecule has 1 fully saturated rings. The molecule has 1 aliphatic rings. The van der Waals surface area contributed by atoms with Crippen molar-refractivity contribution in [1.82, 2.24) is 9.55 Å². The number of nitrogens with one attached hydrogen (secondary N) is 1. The van der Waals surface area contributed by atoms with Crippen LogP contribution in [0.2, 0.25) is 18.1 Å². The van der Waals surface area contributed by atoms with Gasteiger partial charge in [0.15, 0.2) is 8.32 Å². The number of ether oxygens (including phenoxy) is 1. The molecule has 0 unspecified atom stereocenters. The maximum atomic E-state index is 12.4. The van der Waals surface area contributed by atoms with E-state index in [0.29, 0.717) is 24.8 Å². The fraction of sp³-hybridized carbons (Fsp3) is 0.800. The number of hydrogen-bond donors (Lipinski definition) is 2. The minimum Gasteiger partial charge on any atom is -0.411 e. The van der Waals surface area contributed by atoms with E-state index in [1.807, 2.05) is 13.8 Å². The van der Waals surface area contributed by atoms with Crippen molar-refractivity contribution in [2.75, 3.05) is 0 Å². The Morgan fingerprint density at radius 2 is 1.86 bits per heavy atom. The number of H-pyrrole nitrogens is 1. The minimum atomic E-state index is -2.12.